The molecular weight excluding hydrogens is 322 g/mol. The Labute approximate surface area is 148 Å². The van der Waals surface area contributed by atoms with E-state index in [0.29, 0.717) is 17.1 Å². The Morgan fingerprint density at radius 3 is 2.29 bits per heavy atom. The number of anilines is 1. The first-order valence-corrected chi connectivity index (χ1v) is 8.75. The summed E-state index contributed by atoms with van der Waals surface area (Å²) in [6.07, 6.45) is 3.79. The minimum atomic E-state index is -0.124. The Hall–Kier alpha value is -2.07. The molecule has 1 heterocycles. The van der Waals surface area contributed by atoms with E-state index >= 15 is 0 Å². The van der Waals surface area contributed by atoms with Crippen LogP contribution < -0.4 is 10.2 Å². The van der Waals surface area contributed by atoms with E-state index in [4.69, 9.17) is 11.6 Å². The maximum Gasteiger partial charge on any atom is 0.253 e. The van der Waals surface area contributed by atoms with E-state index in [0.717, 1.165) is 37.3 Å². The highest BCUT2D eigenvalue weighted by atomic mass is 35.5. The highest BCUT2D eigenvalue weighted by Gasteiger charge is 2.09. The van der Waals surface area contributed by atoms with E-state index in [9.17, 15) is 4.79 Å². The van der Waals surface area contributed by atoms with Gasteiger partial charge in [-0.05, 0) is 42.7 Å². The number of hydrogen-bond acceptors (Lipinski definition) is 3. The van der Waals surface area contributed by atoms with Crippen LogP contribution >= 0.6 is 11.6 Å². The lowest BCUT2D eigenvalue weighted by atomic mass is 10.2. The van der Waals surface area contributed by atoms with E-state index in [1.54, 1.807) is 6.20 Å². The zero-order chi connectivity index (χ0) is 17.4. The number of aromatic nitrogens is 1. The van der Waals surface area contributed by atoms with Crippen LogP contribution in [-0.4, -0.2) is 24.0 Å². The van der Waals surface area contributed by atoms with Crippen LogP contribution in [0.25, 0.3) is 0 Å². The number of hydrogen-bond donors (Lipinski definition) is 1. The summed E-state index contributed by atoms with van der Waals surface area (Å²) in [5, 5.41) is 3.59. The molecule has 1 N–H and O–H groups in total. The molecule has 0 atom stereocenters. The summed E-state index contributed by atoms with van der Waals surface area (Å²) in [4.78, 5) is 18.9. The Morgan fingerprint density at radius 1 is 1.08 bits per heavy atom. The van der Waals surface area contributed by atoms with Crippen LogP contribution in [-0.2, 0) is 6.54 Å². The van der Waals surface area contributed by atoms with Crippen LogP contribution in [0.15, 0.2) is 42.6 Å². The third-order valence-corrected chi connectivity index (χ3v) is 3.94. The van der Waals surface area contributed by atoms with Gasteiger partial charge in [-0.15, -0.1) is 0 Å². The third kappa shape index (κ3) is 5.24. The third-order valence-electron chi connectivity index (χ3n) is 3.69. The summed E-state index contributed by atoms with van der Waals surface area (Å²) in [6, 6.07) is 11.2. The van der Waals surface area contributed by atoms with Gasteiger partial charge in [0.15, 0.2) is 0 Å². The van der Waals surface area contributed by atoms with Crippen LogP contribution in [0.2, 0.25) is 5.02 Å². The van der Waals surface area contributed by atoms with Gasteiger partial charge in [0.05, 0.1) is 5.56 Å². The van der Waals surface area contributed by atoms with E-state index in [1.165, 1.54) is 0 Å². The van der Waals surface area contributed by atoms with Crippen molar-refractivity contribution in [2.45, 2.75) is 33.2 Å². The molecule has 2 aromatic rings. The smallest absolute Gasteiger partial charge is 0.253 e. The van der Waals surface area contributed by atoms with Crippen molar-refractivity contribution in [1.82, 2.24) is 10.3 Å². The molecule has 128 valence electrons. The fraction of sp³-hybridized carbons (Fsp3) is 0.368. The van der Waals surface area contributed by atoms with Crippen molar-refractivity contribution in [3.05, 3.63) is 58.7 Å². The molecule has 0 aliphatic rings. The first-order valence-electron chi connectivity index (χ1n) is 8.37. The molecule has 1 aromatic heterocycles. The quantitative estimate of drug-likeness (QED) is 0.776. The van der Waals surface area contributed by atoms with Crippen LogP contribution in [0.1, 0.15) is 42.6 Å². The molecular formula is C19H24ClN3O. The molecule has 0 bridgehead atoms. The molecule has 1 aromatic carbocycles. The number of benzene rings is 1. The largest absolute Gasteiger partial charge is 0.357 e. The number of rotatable bonds is 8. The molecule has 0 saturated heterocycles. The van der Waals surface area contributed by atoms with Gasteiger partial charge in [-0.2, -0.15) is 0 Å². The maximum absolute atomic E-state index is 12.2. The summed E-state index contributed by atoms with van der Waals surface area (Å²) >= 11 is 5.86. The zero-order valence-electron chi connectivity index (χ0n) is 14.3. The molecule has 5 heteroatoms. The molecule has 0 saturated carbocycles. The molecule has 0 spiro atoms. The van der Waals surface area contributed by atoms with Crippen molar-refractivity contribution in [1.29, 1.82) is 0 Å². The minimum absolute atomic E-state index is 0.124. The second kappa shape index (κ2) is 9.28. The number of nitrogens with one attached hydrogen (secondary N) is 1. The molecule has 0 aliphatic carbocycles. The molecule has 0 unspecified atom stereocenters. The molecule has 2 rings (SSSR count). The van der Waals surface area contributed by atoms with Gasteiger partial charge in [0.1, 0.15) is 5.82 Å². The topological polar surface area (TPSA) is 45.2 Å². The fourth-order valence-corrected chi connectivity index (χ4v) is 2.60. The Kier molecular flexibility index (Phi) is 7.07. The number of halogens is 1. The van der Waals surface area contributed by atoms with Crippen LogP contribution in [0, 0.1) is 0 Å². The summed E-state index contributed by atoms with van der Waals surface area (Å²) in [5.41, 5.74) is 1.58. The second-order valence-corrected chi connectivity index (χ2v) is 6.14. The predicted octanol–water partition coefficient (Wildman–Crippen LogP) is 4.29. The average Bonchev–Trinajstić information content (AvgIpc) is 2.61. The highest BCUT2D eigenvalue weighted by Crippen LogP contribution is 2.13. The van der Waals surface area contributed by atoms with Gasteiger partial charge in [0.2, 0.25) is 0 Å². The standard InChI is InChI=1S/C19H24ClN3O/c1-3-11-23(12-4-2)18-10-7-16(14-21-18)19(24)22-13-15-5-8-17(20)9-6-15/h5-10,14H,3-4,11-13H2,1-2H3,(H,22,24). The van der Waals surface area contributed by atoms with Crippen molar-refractivity contribution in [2.24, 2.45) is 0 Å². The van der Waals surface area contributed by atoms with Crippen molar-refractivity contribution in [2.75, 3.05) is 18.0 Å². The number of carbonyl (C=O) groups excluding carboxylic acids is 1. The lowest BCUT2D eigenvalue weighted by molar-refractivity contribution is 0.0950. The van der Waals surface area contributed by atoms with Gasteiger partial charge in [-0.3, -0.25) is 4.79 Å². The first kappa shape index (κ1) is 18.3. The van der Waals surface area contributed by atoms with Gasteiger partial charge in [-0.1, -0.05) is 37.6 Å². The zero-order valence-corrected chi connectivity index (χ0v) is 15.0. The van der Waals surface area contributed by atoms with Crippen LogP contribution in [0.5, 0.6) is 0 Å². The van der Waals surface area contributed by atoms with Crippen LogP contribution in [0.3, 0.4) is 0 Å². The summed E-state index contributed by atoms with van der Waals surface area (Å²) in [6.45, 7) is 6.73. The van der Waals surface area contributed by atoms with Gasteiger partial charge in [0, 0.05) is 30.9 Å². The van der Waals surface area contributed by atoms with E-state index < -0.39 is 0 Å². The van der Waals surface area contributed by atoms with Gasteiger partial charge in [0.25, 0.3) is 5.91 Å². The fourth-order valence-electron chi connectivity index (χ4n) is 2.47. The Bertz CT molecular complexity index is 635. The van der Waals surface area contributed by atoms with Crippen molar-refractivity contribution in [3.63, 3.8) is 0 Å². The second-order valence-electron chi connectivity index (χ2n) is 5.70. The van der Waals surface area contributed by atoms with Gasteiger partial charge >= 0.3 is 0 Å². The normalized spacial score (nSPS) is 10.5. The van der Waals surface area contributed by atoms with E-state index in [2.05, 4.69) is 29.0 Å². The van der Waals surface area contributed by atoms with E-state index in [-0.39, 0.29) is 5.91 Å². The summed E-state index contributed by atoms with van der Waals surface area (Å²) in [7, 11) is 0. The van der Waals surface area contributed by atoms with Crippen LogP contribution in [0.4, 0.5) is 5.82 Å². The highest BCUT2D eigenvalue weighted by molar-refractivity contribution is 6.30. The number of pyridine rings is 1. The Balaban J connectivity index is 1.96. The first-order chi connectivity index (χ1) is 11.6. The molecule has 24 heavy (non-hydrogen) atoms. The molecule has 1 amide bonds. The van der Waals surface area contributed by atoms with Crippen molar-refractivity contribution in [3.8, 4) is 0 Å². The summed E-state index contributed by atoms with van der Waals surface area (Å²) < 4.78 is 0. The molecule has 0 fully saturated rings. The number of amides is 1. The monoisotopic (exact) mass is 345 g/mol. The van der Waals surface area contributed by atoms with Gasteiger partial charge < -0.3 is 10.2 Å². The van der Waals surface area contributed by atoms with Crippen molar-refractivity contribution < 1.29 is 4.79 Å². The number of nitrogens with zero attached hydrogens (tertiary/aromatic N) is 2. The lowest BCUT2D eigenvalue weighted by Crippen LogP contribution is -2.26. The number of carbonyl (C=O) groups is 1. The maximum atomic E-state index is 12.2. The Morgan fingerprint density at radius 2 is 1.75 bits per heavy atom. The predicted molar refractivity (Wildman–Crippen MR) is 99.7 cm³/mol. The molecule has 0 aliphatic heterocycles. The summed E-state index contributed by atoms with van der Waals surface area (Å²) in [5.74, 6) is 0.800. The lowest BCUT2D eigenvalue weighted by Gasteiger charge is -2.22. The molecule has 4 nitrogen and oxygen atoms in total. The minimum Gasteiger partial charge on any atom is -0.357 e. The average molecular weight is 346 g/mol. The molecule has 0 radical (unpaired) electrons. The van der Waals surface area contributed by atoms with E-state index in [1.807, 2.05) is 36.4 Å². The van der Waals surface area contributed by atoms with Crippen molar-refractivity contribution >= 4 is 23.3 Å². The van der Waals surface area contributed by atoms with Gasteiger partial charge in [-0.25, -0.2) is 4.98 Å². The SMILES string of the molecule is CCCN(CCC)c1ccc(C(=O)NCc2ccc(Cl)cc2)cn1.